The minimum atomic E-state index is -4.43. The van der Waals surface area contributed by atoms with Gasteiger partial charge in [0, 0.05) is 17.6 Å². The van der Waals surface area contributed by atoms with E-state index in [9.17, 15) is 18.0 Å². The third kappa shape index (κ3) is 4.61. The molecular weight excluding hydrogens is 305 g/mol. The van der Waals surface area contributed by atoms with Gasteiger partial charge in [0.1, 0.15) is 0 Å². The van der Waals surface area contributed by atoms with Crippen LogP contribution in [-0.4, -0.2) is 24.5 Å². The quantitative estimate of drug-likeness (QED) is 0.879. The lowest BCUT2D eigenvalue weighted by Crippen LogP contribution is -2.51. The largest absolute Gasteiger partial charge is 0.416 e. The van der Waals surface area contributed by atoms with Crippen LogP contribution in [0.2, 0.25) is 0 Å². The number of hydrogen-bond acceptors (Lipinski definition) is 2. The lowest BCUT2D eigenvalue weighted by Gasteiger charge is -2.30. The maximum atomic E-state index is 12.6. The maximum absolute atomic E-state index is 12.6. The average molecular weight is 323 g/mol. The number of carbonyl (C=O) groups excluding carboxylic acids is 1. The van der Waals surface area contributed by atoms with Crippen LogP contribution in [-0.2, 0) is 6.18 Å². The Labute approximate surface area is 127 Å². The van der Waals surface area contributed by atoms with E-state index in [0.717, 1.165) is 31.5 Å². The minimum absolute atomic E-state index is 0. The van der Waals surface area contributed by atoms with Crippen molar-refractivity contribution >= 4 is 18.3 Å². The van der Waals surface area contributed by atoms with E-state index >= 15 is 0 Å². The molecule has 118 valence electrons. The zero-order valence-electron chi connectivity index (χ0n) is 11.5. The van der Waals surface area contributed by atoms with E-state index in [-0.39, 0.29) is 30.1 Å². The van der Waals surface area contributed by atoms with Gasteiger partial charge in [-0.3, -0.25) is 4.79 Å². The molecule has 0 aromatic heterocycles. The molecule has 0 bridgehead atoms. The van der Waals surface area contributed by atoms with Crippen LogP contribution in [0.5, 0.6) is 0 Å². The number of alkyl halides is 3. The molecular formula is C14H18ClF3N2O. The number of amides is 1. The monoisotopic (exact) mass is 322 g/mol. The first kappa shape index (κ1) is 17.8. The van der Waals surface area contributed by atoms with Crippen LogP contribution in [0.4, 0.5) is 13.2 Å². The zero-order chi connectivity index (χ0) is 14.8. The summed E-state index contributed by atoms with van der Waals surface area (Å²) >= 11 is 0. The molecule has 0 saturated carbocycles. The van der Waals surface area contributed by atoms with Crippen LogP contribution in [0.15, 0.2) is 24.3 Å². The molecule has 1 aromatic carbocycles. The van der Waals surface area contributed by atoms with E-state index in [1.165, 1.54) is 12.1 Å². The van der Waals surface area contributed by atoms with E-state index in [1.54, 1.807) is 0 Å². The fourth-order valence-corrected chi connectivity index (χ4v) is 2.33. The topological polar surface area (TPSA) is 41.1 Å². The second-order valence-corrected chi connectivity index (χ2v) is 5.04. The van der Waals surface area contributed by atoms with Gasteiger partial charge in [0.2, 0.25) is 0 Å². The standard InChI is InChI=1S/C14H17F3N2O.ClH/c1-9-12(6-3-7-18-9)19-13(20)10-4-2-5-11(8-10)14(15,16)17;/h2,4-5,8-9,12,18H,3,6-7H2,1H3,(H,19,20);1H. The fourth-order valence-electron chi connectivity index (χ4n) is 2.33. The zero-order valence-corrected chi connectivity index (χ0v) is 12.4. The molecule has 0 aliphatic carbocycles. The van der Waals surface area contributed by atoms with Crippen LogP contribution in [0, 0.1) is 0 Å². The Morgan fingerprint density at radius 1 is 1.38 bits per heavy atom. The van der Waals surface area contributed by atoms with Crippen molar-refractivity contribution in [2.24, 2.45) is 0 Å². The number of hydrogen-bond donors (Lipinski definition) is 2. The third-order valence-corrected chi connectivity index (χ3v) is 3.53. The molecule has 2 atom stereocenters. The summed E-state index contributed by atoms with van der Waals surface area (Å²) in [4.78, 5) is 12.0. The van der Waals surface area contributed by atoms with Crippen molar-refractivity contribution in [3.63, 3.8) is 0 Å². The number of halogens is 4. The molecule has 2 unspecified atom stereocenters. The number of rotatable bonds is 2. The summed E-state index contributed by atoms with van der Waals surface area (Å²) in [5.41, 5.74) is -0.766. The van der Waals surface area contributed by atoms with Crippen molar-refractivity contribution in [2.45, 2.75) is 38.0 Å². The number of nitrogens with one attached hydrogen (secondary N) is 2. The molecule has 1 aromatic rings. The maximum Gasteiger partial charge on any atom is 0.416 e. The summed E-state index contributed by atoms with van der Waals surface area (Å²) < 4.78 is 37.8. The SMILES string of the molecule is CC1NCCCC1NC(=O)c1cccc(C(F)(F)F)c1.Cl. The highest BCUT2D eigenvalue weighted by Gasteiger charge is 2.31. The number of piperidine rings is 1. The Bertz CT molecular complexity index is 493. The molecule has 1 aliphatic rings. The van der Waals surface area contributed by atoms with Gasteiger partial charge in [0.15, 0.2) is 0 Å². The summed E-state index contributed by atoms with van der Waals surface area (Å²) in [5, 5.41) is 6.02. The van der Waals surface area contributed by atoms with Crippen molar-refractivity contribution in [2.75, 3.05) is 6.54 Å². The van der Waals surface area contributed by atoms with Crippen molar-refractivity contribution < 1.29 is 18.0 Å². The molecule has 21 heavy (non-hydrogen) atoms. The summed E-state index contributed by atoms with van der Waals surface area (Å²) in [6, 6.07) is 4.56. The summed E-state index contributed by atoms with van der Waals surface area (Å²) in [7, 11) is 0. The summed E-state index contributed by atoms with van der Waals surface area (Å²) in [6.07, 6.45) is -2.66. The molecule has 0 radical (unpaired) electrons. The highest BCUT2D eigenvalue weighted by molar-refractivity contribution is 5.94. The molecule has 1 aliphatic heterocycles. The van der Waals surface area contributed by atoms with Gasteiger partial charge in [-0.05, 0) is 44.5 Å². The molecule has 1 fully saturated rings. The Hall–Kier alpha value is -1.27. The van der Waals surface area contributed by atoms with Gasteiger partial charge in [-0.25, -0.2) is 0 Å². The van der Waals surface area contributed by atoms with E-state index in [1.807, 2.05) is 6.92 Å². The van der Waals surface area contributed by atoms with Crippen molar-refractivity contribution in [3.05, 3.63) is 35.4 Å². The van der Waals surface area contributed by atoms with Crippen LogP contribution in [0.25, 0.3) is 0 Å². The van der Waals surface area contributed by atoms with Crippen molar-refractivity contribution in [1.82, 2.24) is 10.6 Å². The van der Waals surface area contributed by atoms with E-state index < -0.39 is 17.6 Å². The number of carbonyl (C=O) groups is 1. The van der Waals surface area contributed by atoms with E-state index in [0.29, 0.717) is 0 Å². The Kier molecular flexibility index (Phi) is 6.04. The molecule has 7 heteroatoms. The Morgan fingerprint density at radius 3 is 2.71 bits per heavy atom. The van der Waals surface area contributed by atoms with Crippen LogP contribution >= 0.6 is 12.4 Å². The van der Waals surface area contributed by atoms with Crippen LogP contribution in [0.3, 0.4) is 0 Å². The molecule has 2 rings (SSSR count). The van der Waals surface area contributed by atoms with Gasteiger partial charge in [0.05, 0.1) is 5.56 Å². The normalized spacial score (nSPS) is 22.3. The van der Waals surface area contributed by atoms with Gasteiger partial charge in [-0.1, -0.05) is 6.07 Å². The predicted octanol–water partition coefficient (Wildman–Crippen LogP) is 3.00. The smallest absolute Gasteiger partial charge is 0.348 e. The lowest BCUT2D eigenvalue weighted by atomic mass is 9.99. The van der Waals surface area contributed by atoms with Crippen LogP contribution < -0.4 is 10.6 Å². The molecule has 1 saturated heterocycles. The van der Waals surface area contributed by atoms with Crippen molar-refractivity contribution in [3.8, 4) is 0 Å². The fraction of sp³-hybridized carbons (Fsp3) is 0.500. The second-order valence-electron chi connectivity index (χ2n) is 5.04. The third-order valence-electron chi connectivity index (χ3n) is 3.53. The Morgan fingerprint density at radius 2 is 2.10 bits per heavy atom. The lowest BCUT2D eigenvalue weighted by molar-refractivity contribution is -0.137. The van der Waals surface area contributed by atoms with Crippen LogP contribution in [0.1, 0.15) is 35.7 Å². The molecule has 1 amide bonds. The molecule has 3 nitrogen and oxygen atoms in total. The van der Waals surface area contributed by atoms with Gasteiger partial charge < -0.3 is 10.6 Å². The minimum Gasteiger partial charge on any atom is -0.348 e. The van der Waals surface area contributed by atoms with Gasteiger partial charge in [-0.15, -0.1) is 12.4 Å². The van der Waals surface area contributed by atoms with Gasteiger partial charge in [0.25, 0.3) is 5.91 Å². The average Bonchev–Trinajstić information content (AvgIpc) is 2.40. The van der Waals surface area contributed by atoms with Gasteiger partial charge in [-0.2, -0.15) is 13.2 Å². The van der Waals surface area contributed by atoms with E-state index in [2.05, 4.69) is 10.6 Å². The first-order valence-corrected chi connectivity index (χ1v) is 6.59. The van der Waals surface area contributed by atoms with E-state index in [4.69, 9.17) is 0 Å². The first-order chi connectivity index (χ1) is 9.38. The van der Waals surface area contributed by atoms with Crippen molar-refractivity contribution in [1.29, 1.82) is 0 Å². The second kappa shape index (κ2) is 7.13. The summed E-state index contributed by atoms with van der Waals surface area (Å²) in [6.45, 7) is 2.85. The molecule has 2 N–H and O–H groups in total. The van der Waals surface area contributed by atoms with Gasteiger partial charge >= 0.3 is 6.18 Å². The summed E-state index contributed by atoms with van der Waals surface area (Å²) in [5.74, 6) is -0.461. The first-order valence-electron chi connectivity index (χ1n) is 6.59. The Balaban J connectivity index is 0.00000220. The number of benzene rings is 1. The molecule has 0 spiro atoms. The highest BCUT2D eigenvalue weighted by Crippen LogP contribution is 2.29. The predicted molar refractivity (Wildman–Crippen MR) is 76.6 cm³/mol. The molecule has 1 heterocycles. The highest BCUT2D eigenvalue weighted by atomic mass is 35.5.